The predicted octanol–water partition coefficient (Wildman–Crippen LogP) is 0.849. The molecule has 0 radical (unpaired) electrons. The Balaban J connectivity index is 2.56. The van der Waals surface area contributed by atoms with E-state index in [0.717, 1.165) is 0 Å². The van der Waals surface area contributed by atoms with Gasteiger partial charge in [-0.15, -0.1) is 0 Å². The molecule has 0 saturated carbocycles. The summed E-state index contributed by atoms with van der Waals surface area (Å²) in [6.45, 7) is 3.31. The number of carbonyl (C=O) groups is 1. The summed E-state index contributed by atoms with van der Waals surface area (Å²) in [5, 5.41) is 21.8. The molecule has 0 fully saturated rings. The molecule has 2 heterocycles. The van der Waals surface area contributed by atoms with Crippen LogP contribution < -0.4 is 0 Å². The van der Waals surface area contributed by atoms with E-state index in [2.05, 4.69) is 15.1 Å². The molecule has 0 spiro atoms. The topological polar surface area (TPSA) is 105 Å². The molecule has 18 heavy (non-hydrogen) atoms. The molecule has 0 atom stereocenters. The van der Waals surface area contributed by atoms with Crippen LogP contribution >= 0.6 is 0 Å². The van der Waals surface area contributed by atoms with Crippen molar-refractivity contribution >= 4 is 5.97 Å². The standard InChI is InChI=1S/C11H9N5O2/c1-6-3-8(4-12)14-11(13-6)16-5-9(10(17)18)7(2)15-16/h3,5H,1-2H3,(H,17,18). The fourth-order valence-electron chi connectivity index (χ4n) is 1.49. The molecule has 0 bridgehead atoms. The van der Waals surface area contributed by atoms with Crippen molar-refractivity contribution in [3.63, 3.8) is 0 Å². The van der Waals surface area contributed by atoms with Gasteiger partial charge in [0, 0.05) is 11.9 Å². The van der Waals surface area contributed by atoms with E-state index in [1.807, 2.05) is 6.07 Å². The highest BCUT2D eigenvalue weighted by Gasteiger charge is 2.14. The Morgan fingerprint density at radius 1 is 1.44 bits per heavy atom. The summed E-state index contributed by atoms with van der Waals surface area (Å²) in [6.07, 6.45) is 1.33. The summed E-state index contributed by atoms with van der Waals surface area (Å²) in [5.41, 5.74) is 1.27. The van der Waals surface area contributed by atoms with Gasteiger partial charge in [-0.05, 0) is 19.9 Å². The third kappa shape index (κ3) is 2.04. The molecule has 0 saturated heterocycles. The minimum atomic E-state index is -1.06. The quantitative estimate of drug-likeness (QED) is 0.838. The Morgan fingerprint density at radius 3 is 2.72 bits per heavy atom. The normalized spacial score (nSPS) is 10.1. The van der Waals surface area contributed by atoms with Crippen LogP contribution in [0.4, 0.5) is 0 Å². The SMILES string of the molecule is Cc1cc(C#N)nc(-n2cc(C(=O)O)c(C)n2)n1. The van der Waals surface area contributed by atoms with Gasteiger partial charge < -0.3 is 5.11 Å². The highest BCUT2D eigenvalue weighted by Crippen LogP contribution is 2.10. The van der Waals surface area contributed by atoms with Gasteiger partial charge in [-0.25, -0.2) is 19.4 Å². The minimum absolute atomic E-state index is 0.0820. The van der Waals surface area contributed by atoms with Crippen molar-refractivity contribution in [2.24, 2.45) is 0 Å². The largest absolute Gasteiger partial charge is 0.478 e. The average molecular weight is 243 g/mol. The molecule has 0 amide bonds. The number of rotatable bonds is 2. The monoisotopic (exact) mass is 243 g/mol. The van der Waals surface area contributed by atoms with Crippen LogP contribution in [-0.4, -0.2) is 30.8 Å². The molecule has 2 aromatic rings. The van der Waals surface area contributed by atoms with Crippen molar-refractivity contribution in [3.8, 4) is 12.0 Å². The molecular weight excluding hydrogens is 234 g/mol. The number of carboxylic acid groups (broad SMARTS) is 1. The summed E-state index contributed by atoms with van der Waals surface area (Å²) in [7, 11) is 0. The lowest BCUT2D eigenvalue weighted by Gasteiger charge is -2.00. The number of aryl methyl sites for hydroxylation is 2. The van der Waals surface area contributed by atoms with E-state index in [0.29, 0.717) is 11.4 Å². The first-order chi connectivity index (χ1) is 8.51. The van der Waals surface area contributed by atoms with E-state index in [1.165, 1.54) is 16.9 Å². The molecular formula is C11H9N5O2. The zero-order valence-corrected chi connectivity index (χ0v) is 9.75. The number of nitrogens with zero attached hydrogens (tertiary/aromatic N) is 5. The Hall–Kier alpha value is -2.75. The van der Waals surface area contributed by atoms with Gasteiger partial charge >= 0.3 is 5.97 Å². The van der Waals surface area contributed by atoms with E-state index in [4.69, 9.17) is 10.4 Å². The number of hydrogen-bond acceptors (Lipinski definition) is 5. The van der Waals surface area contributed by atoms with Crippen LogP contribution in [0.3, 0.4) is 0 Å². The summed E-state index contributed by atoms with van der Waals surface area (Å²) in [4.78, 5) is 19.0. The number of carboxylic acids is 1. The molecule has 0 aliphatic heterocycles. The lowest BCUT2D eigenvalue weighted by Crippen LogP contribution is -2.04. The first-order valence-corrected chi connectivity index (χ1v) is 5.07. The van der Waals surface area contributed by atoms with Gasteiger partial charge in [0.1, 0.15) is 17.3 Å². The Labute approximate surface area is 102 Å². The summed E-state index contributed by atoms with van der Waals surface area (Å²) in [6, 6.07) is 3.45. The molecule has 0 aliphatic carbocycles. The lowest BCUT2D eigenvalue weighted by atomic mass is 10.3. The Kier molecular flexibility index (Phi) is 2.77. The summed E-state index contributed by atoms with van der Waals surface area (Å²) < 4.78 is 1.26. The number of aromatic carboxylic acids is 1. The zero-order chi connectivity index (χ0) is 13.3. The van der Waals surface area contributed by atoms with Crippen LogP contribution in [0.1, 0.15) is 27.4 Å². The maximum atomic E-state index is 10.9. The molecule has 0 aliphatic rings. The van der Waals surface area contributed by atoms with Gasteiger partial charge in [-0.2, -0.15) is 10.4 Å². The van der Waals surface area contributed by atoms with Crippen LogP contribution in [0.25, 0.3) is 5.95 Å². The first-order valence-electron chi connectivity index (χ1n) is 5.07. The molecule has 2 rings (SSSR count). The van der Waals surface area contributed by atoms with Crippen LogP contribution in [0.15, 0.2) is 12.3 Å². The fourth-order valence-corrected chi connectivity index (χ4v) is 1.49. The fraction of sp³-hybridized carbons (Fsp3) is 0.182. The Bertz CT molecular complexity index is 669. The van der Waals surface area contributed by atoms with Crippen LogP contribution in [0.2, 0.25) is 0 Å². The van der Waals surface area contributed by atoms with E-state index < -0.39 is 5.97 Å². The maximum absolute atomic E-state index is 10.9. The van der Waals surface area contributed by atoms with Gasteiger partial charge in [0.15, 0.2) is 0 Å². The predicted molar refractivity (Wildman–Crippen MR) is 60.3 cm³/mol. The summed E-state index contributed by atoms with van der Waals surface area (Å²) in [5.74, 6) is -0.881. The van der Waals surface area contributed by atoms with Crippen molar-refractivity contribution in [2.75, 3.05) is 0 Å². The van der Waals surface area contributed by atoms with Crippen molar-refractivity contribution in [3.05, 3.63) is 34.9 Å². The van der Waals surface area contributed by atoms with E-state index >= 15 is 0 Å². The smallest absolute Gasteiger partial charge is 0.339 e. The van der Waals surface area contributed by atoms with E-state index in [9.17, 15) is 4.79 Å². The van der Waals surface area contributed by atoms with Crippen LogP contribution in [-0.2, 0) is 0 Å². The van der Waals surface area contributed by atoms with Gasteiger partial charge in [0.25, 0.3) is 5.95 Å². The summed E-state index contributed by atoms with van der Waals surface area (Å²) >= 11 is 0. The van der Waals surface area contributed by atoms with Gasteiger partial charge in [0.05, 0.1) is 5.69 Å². The molecule has 2 aromatic heterocycles. The van der Waals surface area contributed by atoms with Gasteiger partial charge in [-0.3, -0.25) is 0 Å². The van der Waals surface area contributed by atoms with Crippen molar-refractivity contribution < 1.29 is 9.90 Å². The average Bonchev–Trinajstić information content (AvgIpc) is 2.70. The van der Waals surface area contributed by atoms with E-state index in [1.54, 1.807) is 13.8 Å². The van der Waals surface area contributed by atoms with Crippen LogP contribution in [0, 0.1) is 25.2 Å². The van der Waals surface area contributed by atoms with Crippen LogP contribution in [0.5, 0.6) is 0 Å². The van der Waals surface area contributed by atoms with Gasteiger partial charge in [-0.1, -0.05) is 0 Å². The molecule has 7 nitrogen and oxygen atoms in total. The Morgan fingerprint density at radius 2 is 2.17 bits per heavy atom. The van der Waals surface area contributed by atoms with Crippen molar-refractivity contribution in [2.45, 2.75) is 13.8 Å². The molecule has 7 heteroatoms. The second-order valence-corrected chi connectivity index (χ2v) is 3.68. The third-order valence-electron chi connectivity index (χ3n) is 2.29. The number of hydrogen-bond donors (Lipinski definition) is 1. The van der Waals surface area contributed by atoms with Crippen molar-refractivity contribution in [1.29, 1.82) is 5.26 Å². The minimum Gasteiger partial charge on any atom is -0.478 e. The molecule has 1 N–H and O–H groups in total. The second-order valence-electron chi connectivity index (χ2n) is 3.68. The van der Waals surface area contributed by atoms with Gasteiger partial charge in [0.2, 0.25) is 0 Å². The number of aromatic nitrogens is 4. The zero-order valence-electron chi connectivity index (χ0n) is 9.75. The second kappa shape index (κ2) is 4.25. The lowest BCUT2D eigenvalue weighted by molar-refractivity contribution is 0.0696. The molecule has 0 aromatic carbocycles. The highest BCUT2D eigenvalue weighted by atomic mass is 16.4. The number of nitriles is 1. The third-order valence-corrected chi connectivity index (χ3v) is 2.29. The molecule has 0 unspecified atom stereocenters. The van der Waals surface area contributed by atoms with E-state index in [-0.39, 0.29) is 17.2 Å². The van der Waals surface area contributed by atoms with Crippen molar-refractivity contribution in [1.82, 2.24) is 19.7 Å². The maximum Gasteiger partial charge on any atom is 0.339 e. The highest BCUT2D eigenvalue weighted by molar-refractivity contribution is 5.88. The first kappa shape index (κ1) is 11.7. The molecule has 90 valence electrons.